The topological polar surface area (TPSA) is 89.5 Å². The van der Waals surface area contributed by atoms with Crippen LogP contribution < -0.4 is 4.72 Å². The Balaban J connectivity index is 2.00. The summed E-state index contributed by atoms with van der Waals surface area (Å²) >= 11 is 5.78. The summed E-state index contributed by atoms with van der Waals surface area (Å²) in [4.78, 5) is 24.5. The lowest BCUT2D eigenvalue weighted by atomic mass is 10.1. The number of esters is 1. The molecule has 0 spiro atoms. The molecule has 1 atom stereocenters. The summed E-state index contributed by atoms with van der Waals surface area (Å²) in [6, 6.07) is 13.9. The third kappa shape index (κ3) is 7.45. The van der Waals surface area contributed by atoms with Crippen molar-refractivity contribution in [1.82, 2.24) is 4.72 Å². The van der Waals surface area contributed by atoms with E-state index < -0.39 is 34.4 Å². The van der Waals surface area contributed by atoms with Crippen molar-refractivity contribution in [3.05, 3.63) is 76.2 Å². The molecule has 0 aromatic heterocycles. The zero-order chi connectivity index (χ0) is 21.4. The third-order valence-electron chi connectivity index (χ3n) is 3.96. The van der Waals surface area contributed by atoms with Gasteiger partial charge in [0.25, 0.3) is 0 Å². The van der Waals surface area contributed by atoms with Crippen LogP contribution >= 0.6 is 11.6 Å². The molecular weight excluding hydrogens is 414 g/mol. The number of Topliss-reactive ketones (excluding diaryl/α,β-unsaturated/α-hetero) is 1. The molecule has 2 aromatic rings. The fraction of sp³-hybridized carbons (Fsp3) is 0.238. The van der Waals surface area contributed by atoms with Crippen molar-refractivity contribution in [2.45, 2.75) is 19.9 Å². The average molecular weight is 436 g/mol. The summed E-state index contributed by atoms with van der Waals surface area (Å²) in [7, 11) is -3.90. The molecule has 0 heterocycles. The number of nitrogens with one attached hydrogen (secondary N) is 1. The van der Waals surface area contributed by atoms with Crippen LogP contribution in [0.15, 0.2) is 60.0 Å². The van der Waals surface area contributed by atoms with Gasteiger partial charge in [0.2, 0.25) is 10.0 Å². The van der Waals surface area contributed by atoms with Crippen molar-refractivity contribution in [3.8, 4) is 0 Å². The van der Waals surface area contributed by atoms with Crippen LogP contribution in [-0.2, 0) is 19.6 Å². The maximum Gasteiger partial charge on any atom is 0.324 e. The first kappa shape index (κ1) is 22.8. The van der Waals surface area contributed by atoms with Gasteiger partial charge in [0.15, 0.2) is 12.4 Å². The Bertz CT molecular complexity index is 970. The monoisotopic (exact) mass is 435 g/mol. The van der Waals surface area contributed by atoms with Crippen molar-refractivity contribution >= 4 is 39.5 Å². The number of sulfonamides is 1. The highest BCUT2D eigenvalue weighted by molar-refractivity contribution is 7.92. The van der Waals surface area contributed by atoms with Crippen LogP contribution in [-0.4, -0.2) is 32.8 Å². The molecule has 0 aliphatic rings. The molecule has 8 heteroatoms. The quantitative estimate of drug-likeness (QED) is 0.479. The van der Waals surface area contributed by atoms with Crippen molar-refractivity contribution < 1.29 is 22.7 Å². The second-order valence-corrected chi connectivity index (χ2v) is 8.67. The van der Waals surface area contributed by atoms with Gasteiger partial charge in [-0.15, -0.1) is 0 Å². The van der Waals surface area contributed by atoms with Crippen LogP contribution in [0, 0.1) is 5.92 Å². The van der Waals surface area contributed by atoms with Gasteiger partial charge in [-0.3, -0.25) is 9.59 Å². The zero-order valence-electron chi connectivity index (χ0n) is 16.0. The first-order chi connectivity index (χ1) is 13.7. The molecule has 0 saturated carbocycles. The third-order valence-corrected chi connectivity index (χ3v) is 5.29. The van der Waals surface area contributed by atoms with Gasteiger partial charge in [-0.2, -0.15) is 4.72 Å². The number of hydrogen-bond donors (Lipinski definition) is 1. The van der Waals surface area contributed by atoms with Gasteiger partial charge in [-0.1, -0.05) is 55.8 Å². The molecule has 29 heavy (non-hydrogen) atoms. The summed E-state index contributed by atoms with van der Waals surface area (Å²) in [5.74, 6) is -1.61. The minimum atomic E-state index is -3.90. The molecule has 6 nitrogen and oxygen atoms in total. The van der Waals surface area contributed by atoms with Gasteiger partial charge in [0.05, 0.1) is 0 Å². The van der Waals surface area contributed by atoms with Crippen LogP contribution in [0.1, 0.15) is 29.8 Å². The Kier molecular flexibility index (Phi) is 8.13. The normalized spacial score (nSPS) is 12.8. The minimum absolute atomic E-state index is 0.342. The molecule has 2 rings (SSSR count). The number of carbonyl (C=O) groups excluding carboxylic acids is 2. The summed E-state index contributed by atoms with van der Waals surface area (Å²) in [6.07, 6.45) is 1.43. The summed E-state index contributed by atoms with van der Waals surface area (Å²) < 4.78 is 32.0. The Hall–Kier alpha value is -2.48. The smallest absolute Gasteiger partial charge is 0.324 e. The van der Waals surface area contributed by atoms with Crippen LogP contribution in [0.5, 0.6) is 0 Å². The largest absolute Gasteiger partial charge is 0.456 e. The lowest BCUT2D eigenvalue weighted by Crippen LogP contribution is -2.44. The molecule has 0 bridgehead atoms. The van der Waals surface area contributed by atoms with Gasteiger partial charge in [-0.25, -0.2) is 8.42 Å². The molecule has 0 aliphatic carbocycles. The van der Waals surface area contributed by atoms with Crippen LogP contribution in [0.3, 0.4) is 0 Å². The van der Waals surface area contributed by atoms with Gasteiger partial charge < -0.3 is 4.74 Å². The fourth-order valence-electron chi connectivity index (χ4n) is 2.35. The maximum absolute atomic E-state index is 12.4. The molecule has 0 aliphatic heterocycles. The van der Waals surface area contributed by atoms with E-state index >= 15 is 0 Å². The Morgan fingerprint density at radius 2 is 1.69 bits per heavy atom. The predicted octanol–water partition coefficient (Wildman–Crippen LogP) is 3.68. The Morgan fingerprint density at radius 3 is 2.28 bits per heavy atom. The molecule has 0 amide bonds. The molecule has 0 radical (unpaired) electrons. The first-order valence-electron chi connectivity index (χ1n) is 8.89. The average Bonchev–Trinajstić information content (AvgIpc) is 2.70. The van der Waals surface area contributed by atoms with E-state index in [1.807, 2.05) is 6.07 Å². The summed E-state index contributed by atoms with van der Waals surface area (Å²) in [5.41, 5.74) is 1.05. The van der Waals surface area contributed by atoms with E-state index in [0.717, 1.165) is 5.41 Å². The van der Waals surface area contributed by atoms with Crippen LogP contribution in [0.4, 0.5) is 0 Å². The standard InChI is InChI=1S/C21H22ClNO5S/c1-15(2)20(23-29(26,27)13-12-16-6-4-3-5-7-16)21(25)28-14-19(24)17-8-10-18(22)11-9-17/h3-13,15,20,23H,14H2,1-2H3/b13-12+/t20-/m0/s1. The maximum atomic E-state index is 12.4. The molecule has 0 unspecified atom stereocenters. The van der Waals surface area contributed by atoms with E-state index in [0.29, 0.717) is 16.1 Å². The molecule has 0 saturated heterocycles. The fourth-order valence-corrected chi connectivity index (χ4v) is 3.61. The van der Waals surface area contributed by atoms with Crippen LogP contribution in [0.25, 0.3) is 6.08 Å². The number of hydrogen-bond acceptors (Lipinski definition) is 5. The highest BCUT2D eigenvalue weighted by Gasteiger charge is 2.28. The number of ether oxygens (including phenoxy) is 1. The second kappa shape index (κ2) is 10.3. The minimum Gasteiger partial charge on any atom is -0.456 e. The predicted molar refractivity (Wildman–Crippen MR) is 113 cm³/mol. The summed E-state index contributed by atoms with van der Waals surface area (Å²) in [6.45, 7) is 2.86. The molecule has 2 aromatic carbocycles. The van der Waals surface area contributed by atoms with Gasteiger partial charge in [0.1, 0.15) is 6.04 Å². The lowest BCUT2D eigenvalue weighted by molar-refractivity contribution is -0.145. The lowest BCUT2D eigenvalue weighted by Gasteiger charge is -2.19. The van der Waals surface area contributed by atoms with Crippen molar-refractivity contribution in [2.75, 3.05) is 6.61 Å². The van der Waals surface area contributed by atoms with Gasteiger partial charge in [-0.05, 0) is 41.8 Å². The zero-order valence-corrected chi connectivity index (χ0v) is 17.6. The number of carbonyl (C=O) groups is 2. The number of benzene rings is 2. The van der Waals surface area contributed by atoms with E-state index in [4.69, 9.17) is 16.3 Å². The highest BCUT2D eigenvalue weighted by Crippen LogP contribution is 2.12. The molecule has 154 valence electrons. The number of rotatable bonds is 9. The SMILES string of the molecule is CC(C)[C@H](NS(=O)(=O)/C=C/c1ccccc1)C(=O)OCC(=O)c1ccc(Cl)cc1. The van der Waals surface area contributed by atoms with Gasteiger partial charge in [0, 0.05) is 16.0 Å². The Morgan fingerprint density at radius 1 is 1.07 bits per heavy atom. The van der Waals surface area contributed by atoms with E-state index in [1.165, 1.54) is 18.2 Å². The van der Waals surface area contributed by atoms with Crippen molar-refractivity contribution in [1.29, 1.82) is 0 Å². The molecular formula is C21H22ClNO5S. The summed E-state index contributed by atoms with van der Waals surface area (Å²) in [5, 5.41) is 1.47. The van der Waals surface area contributed by atoms with E-state index in [2.05, 4.69) is 4.72 Å². The second-order valence-electron chi connectivity index (χ2n) is 6.64. The van der Waals surface area contributed by atoms with Crippen LogP contribution in [0.2, 0.25) is 5.02 Å². The van der Waals surface area contributed by atoms with E-state index in [1.54, 1.807) is 50.2 Å². The Labute approximate surface area is 175 Å². The van der Waals surface area contributed by atoms with Crippen molar-refractivity contribution in [3.63, 3.8) is 0 Å². The van der Waals surface area contributed by atoms with E-state index in [9.17, 15) is 18.0 Å². The molecule has 0 fully saturated rings. The number of ketones is 1. The molecule has 1 N–H and O–H groups in total. The number of halogens is 1. The first-order valence-corrected chi connectivity index (χ1v) is 10.8. The van der Waals surface area contributed by atoms with Gasteiger partial charge >= 0.3 is 5.97 Å². The van der Waals surface area contributed by atoms with E-state index in [-0.39, 0.29) is 5.92 Å². The highest BCUT2D eigenvalue weighted by atomic mass is 35.5. The van der Waals surface area contributed by atoms with Crippen molar-refractivity contribution in [2.24, 2.45) is 5.92 Å².